The third-order valence-electron chi connectivity index (χ3n) is 3.32. The van der Waals surface area contributed by atoms with Crippen LogP contribution in [0.3, 0.4) is 0 Å². The Labute approximate surface area is 109 Å². The van der Waals surface area contributed by atoms with Gasteiger partial charge >= 0.3 is 0 Å². The predicted molar refractivity (Wildman–Crippen MR) is 74.3 cm³/mol. The van der Waals surface area contributed by atoms with Gasteiger partial charge in [0.25, 0.3) is 0 Å². The molecule has 100 valence electrons. The topological polar surface area (TPSA) is 49.4 Å². The molecular formula is C13H22N4O. The fourth-order valence-corrected chi connectivity index (χ4v) is 2.22. The molecule has 0 aliphatic carbocycles. The lowest BCUT2D eigenvalue weighted by Gasteiger charge is -2.19. The average Bonchev–Trinajstić information content (AvgIpc) is 2.88. The van der Waals surface area contributed by atoms with Crippen molar-refractivity contribution < 1.29 is 4.74 Å². The van der Waals surface area contributed by atoms with Crippen molar-refractivity contribution in [3.8, 4) is 0 Å². The van der Waals surface area contributed by atoms with Gasteiger partial charge in [0.2, 0.25) is 0 Å². The zero-order chi connectivity index (χ0) is 12.8. The van der Waals surface area contributed by atoms with E-state index in [-0.39, 0.29) is 0 Å². The molecule has 2 N–H and O–H groups in total. The molecule has 0 spiro atoms. The quantitative estimate of drug-likeness (QED) is 0.736. The van der Waals surface area contributed by atoms with Crippen LogP contribution in [0.15, 0.2) is 18.3 Å². The number of ether oxygens (including phenoxy) is 1. The van der Waals surface area contributed by atoms with Crippen LogP contribution < -0.4 is 15.5 Å². The molecule has 1 aliphatic rings. The molecule has 1 unspecified atom stereocenters. The van der Waals surface area contributed by atoms with Gasteiger partial charge in [0.1, 0.15) is 5.82 Å². The van der Waals surface area contributed by atoms with Crippen molar-refractivity contribution in [1.29, 1.82) is 0 Å². The fraction of sp³-hybridized carbons (Fsp3) is 0.615. The highest BCUT2D eigenvalue weighted by Crippen LogP contribution is 2.21. The molecule has 0 bridgehead atoms. The highest BCUT2D eigenvalue weighted by Gasteiger charge is 2.21. The molecule has 2 heterocycles. The Balaban J connectivity index is 1.94. The van der Waals surface area contributed by atoms with Crippen molar-refractivity contribution in [3.63, 3.8) is 0 Å². The second kappa shape index (κ2) is 6.56. The second-order valence-electron chi connectivity index (χ2n) is 4.54. The van der Waals surface area contributed by atoms with Crippen LogP contribution >= 0.6 is 0 Å². The molecule has 0 amide bonds. The number of hydrogen-bond acceptors (Lipinski definition) is 5. The third kappa shape index (κ3) is 3.34. The second-order valence-corrected chi connectivity index (χ2v) is 4.54. The average molecular weight is 250 g/mol. The zero-order valence-electron chi connectivity index (χ0n) is 11.1. The summed E-state index contributed by atoms with van der Waals surface area (Å²) in [5.74, 6) is 0.914. The molecule has 5 heteroatoms. The van der Waals surface area contributed by atoms with E-state index in [1.54, 1.807) is 7.11 Å². The summed E-state index contributed by atoms with van der Waals surface area (Å²) in [4.78, 5) is 6.71. The third-order valence-corrected chi connectivity index (χ3v) is 3.32. The standard InChI is InChI=1S/C13H22N4O/c1-14-11-4-7-17(10-11)12-3-5-15-13(9-12)16-6-8-18-2/h3,5,9,11,14H,4,6-8,10H2,1-2H3,(H,15,16). The molecule has 5 nitrogen and oxygen atoms in total. The van der Waals surface area contributed by atoms with E-state index >= 15 is 0 Å². The first kappa shape index (κ1) is 13.1. The van der Waals surface area contributed by atoms with Crippen LogP contribution in [0.2, 0.25) is 0 Å². The SMILES string of the molecule is CNC1CCN(c2ccnc(NCCOC)c2)C1. The number of rotatable bonds is 6. The molecule has 1 saturated heterocycles. The minimum Gasteiger partial charge on any atom is -0.383 e. The number of anilines is 2. The number of nitrogens with zero attached hydrogens (tertiary/aromatic N) is 2. The van der Waals surface area contributed by atoms with Crippen molar-refractivity contribution >= 4 is 11.5 Å². The fourth-order valence-electron chi connectivity index (χ4n) is 2.22. The van der Waals surface area contributed by atoms with E-state index in [4.69, 9.17) is 4.74 Å². The summed E-state index contributed by atoms with van der Waals surface area (Å²) < 4.78 is 5.01. The van der Waals surface area contributed by atoms with E-state index in [2.05, 4.69) is 32.7 Å². The number of pyridine rings is 1. The lowest BCUT2D eigenvalue weighted by Crippen LogP contribution is -2.29. The number of nitrogens with one attached hydrogen (secondary N) is 2. The van der Waals surface area contributed by atoms with E-state index in [0.29, 0.717) is 12.6 Å². The number of hydrogen-bond donors (Lipinski definition) is 2. The summed E-state index contributed by atoms with van der Waals surface area (Å²) >= 11 is 0. The Bertz CT molecular complexity index is 372. The minimum absolute atomic E-state index is 0.600. The van der Waals surface area contributed by atoms with Gasteiger partial charge < -0.3 is 20.3 Å². The number of aromatic nitrogens is 1. The van der Waals surface area contributed by atoms with Gasteiger partial charge in [-0.3, -0.25) is 0 Å². The van der Waals surface area contributed by atoms with Gasteiger partial charge in [0, 0.05) is 50.7 Å². The van der Waals surface area contributed by atoms with E-state index in [9.17, 15) is 0 Å². The van der Waals surface area contributed by atoms with Gasteiger partial charge in [-0.15, -0.1) is 0 Å². The van der Waals surface area contributed by atoms with Gasteiger partial charge in [-0.2, -0.15) is 0 Å². The minimum atomic E-state index is 0.600. The molecule has 1 aliphatic heterocycles. The first-order valence-electron chi connectivity index (χ1n) is 6.44. The van der Waals surface area contributed by atoms with Crippen molar-refractivity contribution in [3.05, 3.63) is 18.3 Å². The van der Waals surface area contributed by atoms with Crippen LogP contribution in [0.25, 0.3) is 0 Å². The molecular weight excluding hydrogens is 228 g/mol. The van der Waals surface area contributed by atoms with Crippen LogP contribution in [-0.4, -0.2) is 51.4 Å². The van der Waals surface area contributed by atoms with Crippen molar-refractivity contribution in [2.45, 2.75) is 12.5 Å². The van der Waals surface area contributed by atoms with Gasteiger partial charge in [-0.25, -0.2) is 4.98 Å². The Morgan fingerprint density at radius 1 is 1.56 bits per heavy atom. The summed E-state index contributed by atoms with van der Waals surface area (Å²) in [6.07, 6.45) is 3.06. The first-order valence-corrected chi connectivity index (χ1v) is 6.44. The Kier molecular flexibility index (Phi) is 4.78. The zero-order valence-corrected chi connectivity index (χ0v) is 11.1. The van der Waals surface area contributed by atoms with Crippen LogP contribution in [0.1, 0.15) is 6.42 Å². The van der Waals surface area contributed by atoms with Gasteiger partial charge in [-0.1, -0.05) is 0 Å². The number of methoxy groups -OCH3 is 1. The van der Waals surface area contributed by atoms with Crippen LogP contribution in [-0.2, 0) is 4.74 Å². The number of likely N-dealkylation sites (N-methyl/N-ethyl adjacent to an activating group) is 1. The monoisotopic (exact) mass is 250 g/mol. The molecule has 1 aromatic rings. The summed E-state index contributed by atoms with van der Waals surface area (Å²) in [5, 5.41) is 6.59. The normalized spacial score (nSPS) is 19.2. The highest BCUT2D eigenvalue weighted by atomic mass is 16.5. The van der Waals surface area contributed by atoms with Crippen LogP contribution in [0, 0.1) is 0 Å². The predicted octanol–water partition coefficient (Wildman–Crippen LogP) is 0.938. The molecule has 2 rings (SSSR count). The highest BCUT2D eigenvalue weighted by molar-refractivity contribution is 5.54. The Morgan fingerprint density at radius 2 is 2.44 bits per heavy atom. The molecule has 0 radical (unpaired) electrons. The van der Waals surface area contributed by atoms with Crippen molar-refractivity contribution in [2.24, 2.45) is 0 Å². The van der Waals surface area contributed by atoms with E-state index in [1.165, 1.54) is 12.1 Å². The summed E-state index contributed by atoms with van der Waals surface area (Å²) in [7, 11) is 3.73. The summed E-state index contributed by atoms with van der Waals surface area (Å²) in [5.41, 5.74) is 1.24. The van der Waals surface area contributed by atoms with Crippen LogP contribution in [0.4, 0.5) is 11.5 Å². The molecule has 0 saturated carbocycles. The lowest BCUT2D eigenvalue weighted by molar-refractivity contribution is 0.210. The first-order chi connectivity index (χ1) is 8.83. The van der Waals surface area contributed by atoms with Crippen molar-refractivity contribution in [2.75, 3.05) is 50.6 Å². The molecule has 1 fully saturated rings. The van der Waals surface area contributed by atoms with Gasteiger partial charge in [-0.05, 0) is 19.5 Å². The largest absolute Gasteiger partial charge is 0.383 e. The van der Waals surface area contributed by atoms with E-state index in [1.807, 2.05) is 13.2 Å². The van der Waals surface area contributed by atoms with E-state index in [0.717, 1.165) is 25.5 Å². The Hall–Kier alpha value is -1.33. The van der Waals surface area contributed by atoms with Gasteiger partial charge in [0.15, 0.2) is 0 Å². The van der Waals surface area contributed by atoms with Crippen LogP contribution in [0.5, 0.6) is 0 Å². The smallest absolute Gasteiger partial charge is 0.128 e. The molecule has 18 heavy (non-hydrogen) atoms. The maximum absolute atomic E-state index is 5.01. The maximum atomic E-state index is 5.01. The summed E-state index contributed by atoms with van der Waals surface area (Å²) in [6.45, 7) is 3.65. The van der Waals surface area contributed by atoms with Crippen molar-refractivity contribution in [1.82, 2.24) is 10.3 Å². The molecule has 1 aromatic heterocycles. The summed E-state index contributed by atoms with van der Waals surface area (Å²) in [6, 6.07) is 4.77. The Morgan fingerprint density at radius 3 is 3.17 bits per heavy atom. The van der Waals surface area contributed by atoms with Gasteiger partial charge in [0.05, 0.1) is 6.61 Å². The lowest BCUT2D eigenvalue weighted by atomic mass is 10.3. The molecule has 0 aromatic carbocycles. The van der Waals surface area contributed by atoms with E-state index < -0.39 is 0 Å². The maximum Gasteiger partial charge on any atom is 0.128 e. The molecule has 1 atom stereocenters.